The van der Waals surface area contributed by atoms with Crippen molar-refractivity contribution in [3.8, 4) is 5.75 Å². The number of ether oxygens (including phenoxy) is 1. The third-order valence-corrected chi connectivity index (χ3v) is 4.60. The van der Waals surface area contributed by atoms with E-state index in [4.69, 9.17) is 4.74 Å². The van der Waals surface area contributed by atoms with Gasteiger partial charge in [0.15, 0.2) is 0 Å². The molecule has 0 aliphatic carbocycles. The van der Waals surface area contributed by atoms with Crippen molar-refractivity contribution in [2.24, 2.45) is 0 Å². The fourth-order valence-electron chi connectivity index (χ4n) is 3.10. The number of piperazine rings is 1. The lowest BCUT2D eigenvalue weighted by atomic mass is 10.1. The highest BCUT2D eigenvalue weighted by Gasteiger charge is 2.34. The third kappa shape index (κ3) is 4.68. The van der Waals surface area contributed by atoms with Gasteiger partial charge in [-0.05, 0) is 24.1 Å². The quantitative estimate of drug-likeness (QED) is 0.800. The first-order valence-corrected chi connectivity index (χ1v) is 9.03. The molecule has 0 saturated carbocycles. The van der Waals surface area contributed by atoms with Crippen LogP contribution in [-0.4, -0.2) is 42.3 Å². The van der Waals surface area contributed by atoms with Crippen LogP contribution in [0.1, 0.15) is 17.5 Å². The standard InChI is InChI=1S/C21H23N3O4/c1-14-8-9-16(28-2)10-17(14)22-19(25)11-18-21(27)24(13-20(26)23-18)12-15-6-4-3-5-7-15/h3-10,18H,11-13H2,1-2H3,(H,22,25)(H,23,26)/t18-/m1/s1. The molecule has 2 aromatic carbocycles. The van der Waals surface area contributed by atoms with Crippen molar-refractivity contribution in [2.45, 2.75) is 25.9 Å². The number of carbonyl (C=O) groups excluding carboxylic acids is 3. The van der Waals surface area contributed by atoms with Gasteiger partial charge in [-0.3, -0.25) is 14.4 Å². The highest BCUT2D eigenvalue weighted by atomic mass is 16.5. The fraction of sp³-hybridized carbons (Fsp3) is 0.286. The summed E-state index contributed by atoms with van der Waals surface area (Å²) in [5.74, 6) is -0.264. The van der Waals surface area contributed by atoms with Crippen LogP contribution in [0.4, 0.5) is 5.69 Å². The van der Waals surface area contributed by atoms with E-state index in [1.54, 1.807) is 19.2 Å². The SMILES string of the molecule is COc1ccc(C)c(NC(=O)C[C@H]2NC(=O)CN(Cc3ccccc3)C2=O)c1. The van der Waals surface area contributed by atoms with Crippen LogP contribution in [0.2, 0.25) is 0 Å². The lowest BCUT2D eigenvalue weighted by Gasteiger charge is -2.32. The predicted octanol–water partition coefficient (Wildman–Crippen LogP) is 1.86. The average molecular weight is 381 g/mol. The Bertz CT molecular complexity index is 882. The number of hydrogen-bond donors (Lipinski definition) is 2. The molecule has 0 bridgehead atoms. The summed E-state index contributed by atoms with van der Waals surface area (Å²) in [4.78, 5) is 38.7. The Morgan fingerprint density at radius 2 is 1.96 bits per heavy atom. The van der Waals surface area contributed by atoms with E-state index in [1.165, 1.54) is 4.90 Å². The largest absolute Gasteiger partial charge is 0.497 e. The van der Waals surface area contributed by atoms with Gasteiger partial charge in [0.05, 0.1) is 20.1 Å². The molecular formula is C21H23N3O4. The van der Waals surface area contributed by atoms with Crippen molar-refractivity contribution in [2.75, 3.05) is 19.0 Å². The lowest BCUT2D eigenvalue weighted by molar-refractivity contribution is -0.145. The summed E-state index contributed by atoms with van der Waals surface area (Å²) in [6.45, 7) is 2.19. The maximum Gasteiger partial charge on any atom is 0.246 e. The summed E-state index contributed by atoms with van der Waals surface area (Å²) in [7, 11) is 1.55. The Hall–Kier alpha value is -3.35. The molecule has 0 aromatic heterocycles. The normalized spacial score (nSPS) is 16.5. The molecule has 3 amide bonds. The molecule has 2 aromatic rings. The number of nitrogens with one attached hydrogen (secondary N) is 2. The van der Waals surface area contributed by atoms with Gasteiger partial charge >= 0.3 is 0 Å². The van der Waals surface area contributed by atoms with Crippen molar-refractivity contribution in [3.63, 3.8) is 0 Å². The van der Waals surface area contributed by atoms with Crippen LogP contribution in [0.3, 0.4) is 0 Å². The summed E-state index contributed by atoms with van der Waals surface area (Å²) in [5.41, 5.74) is 2.42. The Morgan fingerprint density at radius 3 is 2.68 bits per heavy atom. The summed E-state index contributed by atoms with van der Waals surface area (Å²) in [6.07, 6.45) is -0.132. The Labute approximate surface area is 163 Å². The Morgan fingerprint density at radius 1 is 1.21 bits per heavy atom. The van der Waals surface area contributed by atoms with Gasteiger partial charge in [-0.1, -0.05) is 36.4 Å². The molecule has 1 atom stereocenters. The van der Waals surface area contributed by atoms with E-state index in [1.807, 2.05) is 43.3 Å². The molecule has 1 aliphatic heterocycles. The smallest absolute Gasteiger partial charge is 0.246 e. The molecule has 0 radical (unpaired) electrons. The highest BCUT2D eigenvalue weighted by molar-refractivity contribution is 6.00. The van der Waals surface area contributed by atoms with Crippen LogP contribution < -0.4 is 15.4 Å². The van der Waals surface area contributed by atoms with E-state index in [0.29, 0.717) is 18.0 Å². The minimum Gasteiger partial charge on any atom is -0.497 e. The number of nitrogens with zero attached hydrogens (tertiary/aromatic N) is 1. The van der Waals surface area contributed by atoms with Crippen LogP contribution in [-0.2, 0) is 20.9 Å². The highest BCUT2D eigenvalue weighted by Crippen LogP contribution is 2.22. The molecule has 1 heterocycles. The topological polar surface area (TPSA) is 87.7 Å². The fourth-order valence-corrected chi connectivity index (χ4v) is 3.10. The number of anilines is 1. The number of rotatable bonds is 6. The summed E-state index contributed by atoms with van der Waals surface area (Å²) >= 11 is 0. The first-order valence-electron chi connectivity index (χ1n) is 9.03. The molecule has 1 saturated heterocycles. The number of carbonyl (C=O) groups is 3. The van der Waals surface area contributed by atoms with Gasteiger partial charge in [-0.25, -0.2) is 0 Å². The third-order valence-electron chi connectivity index (χ3n) is 4.60. The summed E-state index contributed by atoms with van der Waals surface area (Å²) < 4.78 is 5.17. The molecule has 1 fully saturated rings. The maximum absolute atomic E-state index is 12.7. The molecule has 1 aliphatic rings. The first-order chi connectivity index (χ1) is 13.5. The number of aryl methyl sites for hydroxylation is 1. The number of amides is 3. The zero-order chi connectivity index (χ0) is 20.1. The van der Waals surface area contributed by atoms with E-state index in [0.717, 1.165) is 11.1 Å². The zero-order valence-corrected chi connectivity index (χ0v) is 15.9. The van der Waals surface area contributed by atoms with Gasteiger partial charge in [0.2, 0.25) is 17.7 Å². The minimum absolute atomic E-state index is 0.0131. The molecular weight excluding hydrogens is 358 g/mol. The van der Waals surface area contributed by atoms with Gasteiger partial charge in [0.1, 0.15) is 11.8 Å². The monoisotopic (exact) mass is 381 g/mol. The van der Waals surface area contributed by atoms with Crippen molar-refractivity contribution < 1.29 is 19.1 Å². The van der Waals surface area contributed by atoms with Gasteiger partial charge in [0.25, 0.3) is 0 Å². The van der Waals surface area contributed by atoms with E-state index in [-0.39, 0.29) is 30.7 Å². The second-order valence-electron chi connectivity index (χ2n) is 6.73. The van der Waals surface area contributed by atoms with Crippen LogP contribution >= 0.6 is 0 Å². The number of benzene rings is 2. The molecule has 28 heavy (non-hydrogen) atoms. The van der Waals surface area contributed by atoms with Crippen LogP contribution in [0, 0.1) is 6.92 Å². The van der Waals surface area contributed by atoms with Crippen LogP contribution in [0.5, 0.6) is 5.75 Å². The van der Waals surface area contributed by atoms with Crippen LogP contribution in [0.25, 0.3) is 0 Å². The second-order valence-corrected chi connectivity index (χ2v) is 6.73. The molecule has 2 N–H and O–H groups in total. The van der Waals surface area contributed by atoms with Gasteiger partial charge in [-0.2, -0.15) is 0 Å². The summed E-state index contributed by atoms with van der Waals surface area (Å²) in [6, 6.07) is 13.9. The average Bonchev–Trinajstić information content (AvgIpc) is 2.68. The van der Waals surface area contributed by atoms with Crippen molar-refractivity contribution in [3.05, 3.63) is 59.7 Å². The number of hydrogen-bond acceptors (Lipinski definition) is 4. The first kappa shape index (κ1) is 19.4. The number of methoxy groups -OCH3 is 1. The van der Waals surface area contributed by atoms with E-state index < -0.39 is 6.04 Å². The zero-order valence-electron chi connectivity index (χ0n) is 15.9. The van der Waals surface area contributed by atoms with Gasteiger partial charge in [0, 0.05) is 18.3 Å². The van der Waals surface area contributed by atoms with E-state index in [9.17, 15) is 14.4 Å². The Kier molecular flexibility index (Phi) is 5.93. The van der Waals surface area contributed by atoms with Crippen molar-refractivity contribution in [1.82, 2.24) is 10.2 Å². The van der Waals surface area contributed by atoms with E-state index in [2.05, 4.69) is 10.6 Å². The van der Waals surface area contributed by atoms with Gasteiger partial charge in [-0.15, -0.1) is 0 Å². The molecule has 3 rings (SSSR count). The lowest BCUT2D eigenvalue weighted by Crippen LogP contribution is -2.58. The molecule has 0 unspecified atom stereocenters. The minimum atomic E-state index is -0.879. The second kappa shape index (κ2) is 8.56. The Balaban J connectivity index is 1.66. The van der Waals surface area contributed by atoms with Crippen LogP contribution in [0.15, 0.2) is 48.5 Å². The van der Waals surface area contributed by atoms with Gasteiger partial charge < -0.3 is 20.3 Å². The molecule has 146 valence electrons. The maximum atomic E-state index is 12.7. The predicted molar refractivity (Wildman–Crippen MR) is 105 cm³/mol. The van der Waals surface area contributed by atoms with Crippen molar-refractivity contribution in [1.29, 1.82) is 0 Å². The summed E-state index contributed by atoms with van der Waals surface area (Å²) in [5, 5.41) is 5.41. The van der Waals surface area contributed by atoms with E-state index >= 15 is 0 Å². The van der Waals surface area contributed by atoms with Crippen molar-refractivity contribution >= 4 is 23.4 Å². The molecule has 7 heteroatoms. The molecule has 0 spiro atoms. The molecule has 7 nitrogen and oxygen atoms in total.